The number of hydrogen-bond donors (Lipinski definition) is 1. The standard InChI is InChI=1S/C19H17ClN6O5/c1-30-16-5-3-12(7-13(16)10-25-11-21-19(24-25)26(28)29)9-22-23-18(27)15-8-14(20)4-6-17(15)31-2/h3-9,11H,10H2,1-2H3,(H,23,27). The van der Waals surface area contributed by atoms with Crippen LogP contribution in [0.15, 0.2) is 47.8 Å². The van der Waals surface area contributed by atoms with Gasteiger partial charge in [0.15, 0.2) is 0 Å². The number of hydrazone groups is 1. The summed E-state index contributed by atoms with van der Waals surface area (Å²) in [6, 6.07) is 9.88. The van der Waals surface area contributed by atoms with E-state index in [0.717, 1.165) is 0 Å². The molecular weight excluding hydrogens is 428 g/mol. The predicted molar refractivity (Wildman–Crippen MR) is 112 cm³/mol. The number of nitro groups is 1. The minimum atomic E-state index is -0.672. The van der Waals surface area contributed by atoms with Crippen LogP contribution in [0.3, 0.4) is 0 Å². The predicted octanol–water partition coefficient (Wildman–Crippen LogP) is 2.67. The number of carbonyl (C=O) groups is 1. The molecule has 0 atom stereocenters. The fraction of sp³-hybridized carbons (Fsp3) is 0.158. The third-order valence-corrected chi connectivity index (χ3v) is 4.35. The number of ether oxygens (including phenoxy) is 2. The lowest BCUT2D eigenvalue weighted by Gasteiger charge is -2.08. The molecule has 1 aromatic heterocycles. The fourth-order valence-corrected chi connectivity index (χ4v) is 2.88. The Balaban J connectivity index is 1.75. The van der Waals surface area contributed by atoms with E-state index in [9.17, 15) is 14.9 Å². The quantitative estimate of drug-likeness (QED) is 0.320. The number of carbonyl (C=O) groups excluding carboxylic acids is 1. The van der Waals surface area contributed by atoms with Crippen molar-refractivity contribution in [2.45, 2.75) is 6.54 Å². The molecule has 3 aromatic rings. The number of hydrogen-bond acceptors (Lipinski definition) is 8. The number of amides is 1. The lowest BCUT2D eigenvalue weighted by Crippen LogP contribution is -2.18. The summed E-state index contributed by atoms with van der Waals surface area (Å²) in [5.41, 5.74) is 4.01. The first-order chi connectivity index (χ1) is 14.9. The van der Waals surface area contributed by atoms with E-state index in [0.29, 0.717) is 27.6 Å². The van der Waals surface area contributed by atoms with Crippen molar-refractivity contribution in [1.29, 1.82) is 0 Å². The van der Waals surface area contributed by atoms with E-state index in [4.69, 9.17) is 21.1 Å². The average molecular weight is 445 g/mol. The Morgan fingerprint density at radius 2 is 2.00 bits per heavy atom. The Hall–Kier alpha value is -3.99. The van der Waals surface area contributed by atoms with Crippen molar-refractivity contribution < 1.29 is 19.2 Å². The van der Waals surface area contributed by atoms with Gasteiger partial charge >= 0.3 is 5.95 Å². The van der Waals surface area contributed by atoms with Gasteiger partial charge in [-0.15, -0.1) is 0 Å². The minimum absolute atomic E-state index is 0.192. The summed E-state index contributed by atoms with van der Waals surface area (Å²) in [5, 5.41) is 18.9. The van der Waals surface area contributed by atoms with E-state index in [2.05, 4.69) is 20.6 Å². The molecule has 11 nitrogen and oxygen atoms in total. The molecule has 1 amide bonds. The van der Waals surface area contributed by atoms with Gasteiger partial charge in [-0.3, -0.25) is 4.79 Å². The molecule has 0 spiro atoms. The molecule has 3 rings (SSSR count). The SMILES string of the molecule is COc1ccc(C=NNC(=O)c2cc(Cl)ccc2OC)cc1Cn1cnc([N+](=O)[O-])n1. The average Bonchev–Trinajstić information content (AvgIpc) is 3.23. The van der Waals surface area contributed by atoms with Crippen molar-refractivity contribution in [3.05, 3.63) is 74.6 Å². The highest BCUT2D eigenvalue weighted by molar-refractivity contribution is 6.31. The van der Waals surface area contributed by atoms with Crippen LogP contribution in [-0.4, -0.2) is 46.0 Å². The molecule has 0 saturated heterocycles. The fourth-order valence-electron chi connectivity index (χ4n) is 2.70. The van der Waals surface area contributed by atoms with E-state index in [1.807, 2.05) is 0 Å². The van der Waals surface area contributed by atoms with Gasteiger partial charge in [0.2, 0.25) is 6.33 Å². The van der Waals surface area contributed by atoms with Crippen LogP contribution in [0.4, 0.5) is 5.95 Å². The van der Waals surface area contributed by atoms with Crippen LogP contribution in [0.5, 0.6) is 11.5 Å². The molecule has 2 aromatic carbocycles. The Kier molecular flexibility index (Phi) is 6.78. The van der Waals surface area contributed by atoms with Crippen molar-refractivity contribution in [2.24, 2.45) is 5.10 Å². The van der Waals surface area contributed by atoms with Gasteiger partial charge in [0.1, 0.15) is 11.5 Å². The van der Waals surface area contributed by atoms with Crippen LogP contribution in [0.25, 0.3) is 0 Å². The number of aromatic nitrogens is 3. The highest BCUT2D eigenvalue weighted by Crippen LogP contribution is 2.23. The van der Waals surface area contributed by atoms with Crippen LogP contribution in [-0.2, 0) is 6.54 Å². The van der Waals surface area contributed by atoms with E-state index < -0.39 is 16.8 Å². The van der Waals surface area contributed by atoms with Crippen molar-refractivity contribution in [1.82, 2.24) is 20.2 Å². The molecule has 0 fully saturated rings. The summed E-state index contributed by atoms with van der Waals surface area (Å²) in [6.45, 7) is 0.192. The van der Waals surface area contributed by atoms with E-state index in [1.165, 1.54) is 37.5 Å². The Labute approximate surface area is 181 Å². The smallest absolute Gasteiger partial charge is 0.490 e. The van der Waals surface area contributed by atoms with E-state index >= 15 is 0 Å². The molecule has 0 radical (unpaired) electrons. The lowest BCUT2D eigenvalue weighted by molar-refractivity contribution is -0.394. The second-order valence-corrected chi connectivity index (χ2v) is 6.55. The van der Waals surface area contributed by atoms with Crippen LogP contribution in [0.2, 0.25) is 5.02 Å². The van der Waals surface area contributed by atoms with Crippen LogP contribution in [0, 0.1) is 10.1 Å². The highest BCUT2D eigenvalue weighted by Gasteiger charge is 2.15. The zero-order valence-electron chi connectivity index (χ0n) is 16.5. The van der Waals surface area contributed by atoms with Gasteiger partial charge in [0.25, 0.3) is 5.91 Å². The summed E-state index contributed by atoms with van der Waals surface area (Å²) >= 11 is 5.94. The summed E-state index contributed by atoms with van der Waals surface area (Å²) in [4.78, 5) is 26.1. The topological polar surface area (TPSA) is 134 Å². The van der Waals surface area contributed by atoms with Crippen molar-refractivity contribution in [3.63, 3.8) is 0 Å². The normalized spacial score (nSPS) is 10.8. The Morgan fingerprint density at radius 1 is 1.26 bits per heavy atom. The molecule has 0 aliphatic rings. The van der Waals surface area contributed by atoms with Gasteiger partial charge in [-0.25, -0.2) is 5.43 Å². The first-order valence-corrected chi connectivity index (χ1v) is 9.16. The molecular formula is C19H17ClN6O5. The van der Waals surface area contributed by atoms with Crippen LogP contribution < -0.4 is 14.9 Å². The molecule has 0 saturated carbocycles. The third-order valence-electron chi connectivity index (χ3n) is 4.11. The van der Waals surface area contributed by atoms with Gasteiger partial charge < -0.3 is 19.6 Å². The number of benzene rings is 2. The number of halogens is 1. The largest absolute Gasteiger partial charge is 0.496 e. The highest BCUT2D eigenvalue weighted by atomic mass is 35.5. The first kappa shape index (κ1) is 21.7. The number of nitrogens with one attached hydrogen (secondary N) is 1. The maximum atomic E-state index is 12.4. The van der Waals surface area contributed by atoms with Gasteiger partial charge in [0, 0.05) is 15.7 Å². The maximum absolute atomic E-state index is 12.4. The number of methoxy groups -OCH3 is 2. The second-order valence-electron chi connectivity index (χ2n) is 6.11. The van der Waals surface area contributed by atoms with Crippen LogP contribution >= 0.6 is 11.6 Å². The minimum Gasteiger partial charge on any atom is -0.496 e. The first-order valence-electron chi connectivity index (χ1n) is 8.79. The monoisotopic (exact) mass is 444 g/mol. The second kappa shape index (κ2) is 9.67. The number of nitrogens with zero attached hydrogens (tertiary/aromatic N) is 5. The third kappa shape index (κ3) is 5.34. The maximum Gasteiger partial charge on any atom is 0.490 e. The zero-order valence-corrected chi connectivity index (χ0v) is 17.2. The lowest BCUT2D eigenvalue weighted by atomic mass is 10.1. The van der Waals surface area contributed by atoms with Gasteiger partial charge in [-0.1, -0.05) is 16.6 Å². The van der Waals surface area contributed by atoms with E-state index in [1.54, 1.807) is 30.3 Å². The van der Waals surface area contributed by atoms with Crippen molar-refractivity contribution >= 4 is 29.7 Å². The van der Waals surface area contributed by atoms with E-state index in [-0.39, 0.29) is 12.1 Å². The molecule has 1 N–H and O–H groups in total. The molecule has 0 bridgehead atoms. The van der Waals surface area contributed by atoms with Gasteiger partial charge in [-0.05, 0) is 46.9 Å². The van der Waals surface area contributed by atoms with Crippen LogP contribution in [0.1, 0.15) is 21.5 Å². The summed E-state index contributed by atoms with van der Waals surface area (Å²) in [5.74, 6) is -0.0520. The molecule has 0 aliphatic carbocycles. The molecule has 31 heavy (non-hydrogen) atoms. The molecule has 1 heterocycles. The Morgan fingerprint density at radius 3 is 2.68 bits per heavy atom. The zero-order chi connectivity index (χ0) is 22.4. The molecule has 0 unspecified atom stereocenters. The molecule has 12 heteroatoms. The van der Waals surface area contributed by atoms with Crippen molar-refractivity contribution in [3.8, 4) is 11.5 Å². The van der Waals surface area contributed by atoms with Gasteiger partial charge in [-0.2, -0.15) is 9.78 Å². The number of rotatable bonds is 8. The van der Waals surface area contributed by atoms with Gasteiger partial charge in [0.05, 0.1) is 32.5 Å². The molecule has 0 aliphatic heterocycles. The summed E-state index contributed by atoms with van der Waals surface area (Å²) in [6.07, 6.45) is 2.71. The summed E-state index contributed by atoms with van der Waals surface area (Å²) in [7, 11) is 2.96. The van der Waals surface area contributed by atoms with Crippen molar-refractivity contribution in [2.75, 3.05) is 14.2 Å². The summed E-state index contributed by atoms with van der Waals surface area (Å²) < 4.78 is 11.8. The Bertz CT molecular complexity index is 1150. The molecule has 160 valence electrons.